The van der Waals surface area contributed by atoms with Gasteiger partial charge in [-0.2, -0.15) is 0 Å². The summed E-state index contributed by atoms with van der Waals surface area (Å²) in [5.74, 6) is 0.221. The summed E-state index contributed by atoms with van der Waals surface area (Å²) in [5.41, 5.74) is 10.4. The summed E-state index contributed by atoms with van der Waals surface area (Å²) in [4.78, 5) is 22.3. The molecule has 0 aliphatic heterocycles. The van der Waals surface area contributed by atoms with Gasteiger partial charge in [-0.3, -0.25) is 9.20 Å². The number of hydrogen-bond acceptors (Lipinski definition) is 5. The molecular formula is C21H20N6O. The van der Waals surface area contributed by atoms with E-state index in [0.717, 1.165) is 22.6 Å². The van der Waals surface area contributed by atoms with Crippen LogP contribution in [0.25, 0.3) is 16.9 Å². The first-order valence-electron chi connectivity index (χ1n) is 8.79. The average Bonchev–Trinajstić information content (AvgIpc) is 3.13. The van der Waals surface area contributed by atoms with E-state index in [4.69, 9.17) is 5.73 Å². The van der Waals surface area contributed by atoms with Crippen molar-refractivity contribution in [1.82, 2.24) is 14.4 Å². The van der Waals surface area contributed by atoms with E-state index in [1.807, 2.05) is 59.9 Å². The molecule has 0 aliphatic carbocycles. The fourth-order valence-corrected chi connectivity index (χ4v) is 3.02. The van der Waals surface area contributed by atoms with Crippen LogP contribution in [0, 0.1) is 0 Å². The molecule has 7 heteroatoms. The van der Waals surface area contributed by atoms with Crippen molar-refractivity contribution >= 4 is 28.7 Å². The Labute approximate surface area is 162 Å². The Bertz CT molecular complexity index is 1150. The molecule has 2 aromatic heterocycles. The van der Waals surface area contributed by atoms with Gasteiger partial charge < -0.3 is 16.0 Å². The van der Waals surface area contributed by atoms with Gasteiger partial charge in [-0.1, -0.05) is 18.2 Å². The van der Waals surface area contributed by atoms with Gasteiger partial charge in [0.05, 0.1) is 11.9 Å². The van der Waals surface area contributed by atoms with E-state index >= 15 is 0 Å². The van der Waals surface area contributed by atoms with Crippen LogP contribution in [0.15, 0.2) is 67.1 Å². The van der Waals surface area contributed by atoms with Crippen molar-refractivity contribution in [3.05, 3.63) is 72.7 Å². The molecule has 0 saturated carbocycles. The van der Waals surface area contributed by atoms with Crippen molar-refractivity contribution in [2.45, 2.75) is 0 Å². The lowest BCUT2D eigenvalue weighted by Crippen LogP contribution is -2.10. The highest BCUT2D eigenvalue weighted by atomic mass is 16.1. The molecule has 4 rings (SSSR count). The summed E-state index contributed by atoms with van der Waals surface area (Å²) in [5, 5.41) is 3.35. The minimum Gasteiger partial charge on any atom is -0.378 e. The highest BCUT2D eigenvalue weighted by Gasteiger charge is 2.11. The number of carbonyl (C=O) groups excluding carboxylic acids is 1. The van der Waals surface area contributed by atoms with E-state index in [9.17, 15) is 4.79 Å². The molecule has 0 aliphatic rings. The second-order valence-electron chi connectivity index (χ2n) is 6.62. The molecule has 7 nitrogen and oxygen atoms in total. The number of anilines is 3. The largest absolute Gasteiger partial charge is 0.378 e. The topological polar surface area (TPSA) is 88.5 Å². The first-order valence-corrected chi connectivity index (χ1v) is 8.79. The van der Waals surface area contributed by atoms with Gasteiger partial charge in [0.25, 0.3) is 0 Å². The average molecular weight is 372 g/mol. The fourth-order valence-electron chi connectivity index (χ4n) is 3.02. The molecule has 0 fully saturated rings. The van der Waals surface area contributed by atoms with Crippen LogP contribution in [-0.4, -0.2) is 34.4 Å². The molecule has 140 valence electrons. The maximum atomic E-state index is 11.3. The van der Waals surface area contributed by atoms with Crippen LogP contribution in [0.5, 0.6) is 0 Å². The SMILES string of the molecule is CN(C)c1cccc(Nc2nccn3c(-c4ccc(C(N)=O)cc4)cnc23)c1. The standard InChI is InChI=1S/C21H20N6O/c1-26(2)17-5-3-4-16(12-17)25-20-21-24-13-18(27(21)11-10-23-20)14-6-8-15(9-7-14)19(22)28/h3-13H,1-2H3,(H2,22,28)(H,23,25). The van der Waals surface area contributed by atoms with Crippen LogP contribution < -0.4 is 16.0 Å². The number of carbonyl (C=O) groups is 1. The van der Waals surface area contributed by atoms with Crippen molar-refractivity contribution in [1.29, 1.82) is 0 Å². The Morgan fingerprint density at radius 3 is 2.61 bits per heavy atom. The monoisotopic (exact) mass is 372 g/mol. The minimum atomic E-state index is -0.444. The lowest BCUT2D eigenvalue weighted by atomic mass is 10.1. The number of imidazole rings is 1. The van der Waals surface area contributed by atoms with E-state index in [1.54, 1.807) is 24.5 Å². The molecule has 4 aromatic rings. The summed E-state index contributed by atoms with van der Waals surface area (Å²) in [6.45, 7) is 0. The van der Waals surface area contributed by atoms with Crippen LogP contribution in [0.4, 0.5) is 17.2 Å². The predicted molar refractivity (Wildman–Crippen MR) is 111 cm³/mol. The number of primary amides is 1. The number of benzene rings is 2. The Balaban J connectivity index is 1.71. The normalized spacial score (nSPS) is 10.8. The second-order valence-corrected chi connectivity index (χ2v) is 6.62. The molecule has 0 bridgehead atoms. The van der Waals surface area contributed by atoms with Crippen molar-refractivity contribution in [2.24, 2.45) is 5.73 Å². The first-order chi connectivity index (χ1) is 13.5. The molecule has 1 amide bonds. The highest BCUT2D eigenvalue weighted by Crippen LogP contribution is 2.26. The van der Waals surface area contributed by atoms with Gasteiger partial charge in [-0.05, 0) is 30.3 Å². The maximum Gasteiger partial charge on any atom is 0.248 e. The Morgan fingerprint density at radius 2 is 1.89 bits per heavy atom. The summed E-state index contributed by atoms with van der Waals surface area (Å²) in [7, 11) is 4.00. The van der Waals surface area contributed by atoms with Crippen LogP contribution >= 0.6 is 0 Å². The summed E-state index contributed by atoms with van der Waals surface area (Å²) in [6, 6.07) is 15.2. The minimum absolute atomic E-state index is 0.444. The van der Waals surface area contributed by atoms with Gasteiger partial charge in [0.1, 0.15) is 0 Å². The van der Waals surface area contributed by atoms with Gasteiger partial charge in [-0.25, -0.2) is 9.97 Å². The third kappa shape index (κ3) is 3.25. The Kier molecular flexibility index (Phi) is 4.41. The zero-order chi connectivity index (χ0) is 19.7. The van der Waals surface area contributed by atoms with Gasteiger partial charge in [0.15, 0.2) is 11.5 Å². The molecule has 28 heavy (non-hydrogen) atoms. The highest BCUT2D eigenvalue weighted by molar-refractivity contribution is 5.93. The molecule has 3 N–H and O–H groups in total. The fraction of sp³-hybridized carbons (Fsp3) is 0.0952. The molecule has 0 saturated heterocycles. The molecule has 2 aromatic carbocycles. The number of nitrogens with one attached hydrogen (secondary N) is 1. The lowest BCUT2D eigenvalue weighted by Gasteiger charge is -2.14. The molecule has 0 atom stereocenters. The van der Waals surface area contributed by atoms with Crippen molar-refractivity contribution in [3.8, 4) is 11.3 Å². The number of nitrogens with two attached hydrogens (primary N) is 1. The molecule has 0 spiro atoms. The smallest absolute Gasteiger partial charge is 0.248 e. The van der Waals surface area contributed by atoms with Crippen molar-refractivity contribution in [2.75, 3.05) is 24.3 Å². The number of hydrogen-bond donors (Lipinski definition) is 2. The summed E-state index contributed by atoms with van der Waals surface area (Å²) < 4.78 is 1.96. The van der Waals surface area contributed by atoms with Gasteiger partial charge in [0.2, 0.25) is 5.91 Å². The predicted octanol–water partition coefficient (Wildman–Crippen LogP) is 3.30. The zero-order valence-electron chi connectivity index (χ0n) is 15.6. The van der Waals surface area contributed by atoms with Crippen molar-refractivity contribution in [3.63, 3.8) is 0 Å². The number of fused-ring (bicyclic) bond motifs is 1. The number of nitrogens with zero attached hydrogens (tertiary/aromatic N) is 4. The second kappa shape index (κ2) is 7.03. The van der Waals surface area contributed by atoms with Crippen LogP contribution in [0.3, 0.4) is 0 Å². The zero-order valence-corrected chi connectivity index (χ0v) is 15.6. The van der Waals surface area contributed by atoms with E-state index in [-0.39, 0.29) is 0 Å². The van der Waals surface area contributed by atoms with E-state index in [1.165, 1.54) is 0 Å². The number of amides is 1. The van der Waals surface area contributed by atoms with E-state index < -0.39 is 5.91 Å². The Morgan fingerprint density at radius 1 is 1.11 bits per heavy atom. The van der Waals surface area contributed by atoms with Crippen LogP contribution in [0.2, 0.25) is 0 Å². The van der Waals surface area contributed by atoms with Crippen molar-refractivity contribution < 1.29 is 4.79 Å². The maximum absolute atomic E-state index is 11.3. The van der Waals surface area contributed by atoms with Gasteiger partial charge in [0, 0.05) is 49.0 Å². The van der Waals surface area contributed by atoms with E-state index in [2.05, 4.69) is 21.4 Å². The lowest BCUT2D eigenvalue weighted by molar-refractivity contribution is 0.100. The number of rotatable bonds is 5. The van der Waals surface area contributed by atoms with Gasteiger partial charge >= 0.3 is 0 Å². The van der Waals surface area contributed by atoms with E-state index in [0.29, 0.717) is 17.0 Å². The molecule has 0 radical (unpaired) electrons. The first kappa shape index (κ1) is 17.5. The molecular weight excluding hydrogens is 352 g/mol. The summed E-state index contributed by atoms with van der Waals surface area (Å²) >= 11 is 0. The molecule has 0 unspecified atom stereocenters. The number of aromatic nitrogens is 3. The molecule has 2 heterocycles. The quantitative estimate of drug-likeness (QED) is 0.561. The Hall–Kier alpha value is -3.87. The van der Waals surface area contributed by atoms with Crippen LogP contribution in [0.1, 0.15) is 10.4 Å². The third-order valence-corrected chi connectivity index (χ3v) is 4.52. The third-order valence-electron chi connectivity index (χ3n) is 4.52. The van der Waals surface area contributed by atoms with Gasteiger partial charge in [-0.15, -0.1) is 0 Å². The summed E-state index contributed by atoms with van der Waals surface area (Å²) in [6.07, 6.45) is 5.38. The van der Waals surface area contributed by atoms with Crippen LogP contribution in [-0.2, 0) is 0 Å².